The minimum atomic E-state index is -0.284. The number of amides is 1. The number of hydrazone groups is 1. The van der Waals surface area contributed by atoms with Gasteiger partial charge in [0.2, 0.25) is 0 Å². The van der Waals surface area contributed by atoms with Crippen LogP contribution in [0.25, 0.3) is 10.8 Å². The van der Waals surface area contributed by atoms with Crippen LogP contribution in [0, 0.1) is 0 Å². The zero-order chi connectivity index (χ0) is 19.4. The number of halogens is 3. The van der Waals surface area contributed by atoms with Gasteiger partial charge in [-0.1, -0.05) is 52.3 Å². The van der Waals surface area contributed by atoms with E-state index >= 15 is 0 Å². The van der Waals surface area contributed by atoms with E-state index in [2.05, 4.69) is 63.6 Å². The van der Waals surface area contributed by atoms with Crippen molar-refractivity contribution in [3.8, 4) is 5.75 Å². The molecule has 0 saturated heterocycles. The lowest BCUT2D eigenvalue weighted by Gasteiger charge is -2.09. The maximum absolute atomic E-state index is 12.1. The summed E-state index contributed by atoms with van der Waals surface area (Å²) >= 11 is 9.95. The van der Waals surface area contributed by atoms with Crippen LogP contribution in [-0.4, -0.2) is 23.8 Å². The second-order valence-corrected chi connectivity index (χ2v) is 8.09. The van der Waals surface area contributed by atoms with Crippen LogP contribution >= 0.6 is 47.8 Å². The highest BCUT2D eigenvalue weighted by atomic mass is 79.9. The molecule has 0 aliphatic heterocycles. The first-order chi connectivity index (χ1) is 13.0. The molecule has 8 heteroatoms. The third-order valence-corrected chi connectivity index (χ3v) is 5.86. The lowest BCUT2D eigenvalue weighted by atomic mass is 10.1. The lowest BCUT2D eigenvalue weighted by Crippen LogP contribution is -2.26. The summed E-state index contributed by atoms with van der Waals surface area (Å²) in [5.74, 6) is -0.226. The van der Waals surface area contributed by atoms with E-state index in [0.717, 1.165) is 16.5 Å². The van der Waals surface area contributed by atoms with Crippen molar-refractivity contribution in [2.24, 2.45) is 5.10 Å². The standard InChI is InChI=1S/C19H14Br3N3O2/c20-14-8-15(21)19(27)18(22)13(14)9-24-25-17(26)10-23-16-7-3-5-11-4-1-2-6-12(11)16/h1-9,23,27H,10H2,(H,25,26)/b24-9-. The Morgan fingerprint density at radius 3 is 2.63 bits per heavy atom. The predicted molar refractivity (Wildman–Crippen MR) is 119 cm³/mol. The van der Waals surface area contributed by atoms with E-state index in [4.69, 9.17) is 0 Å². The molecule has 0 heterocycles. The van der Waals surface area contributed by atoms with Gasteiger partial charge in [-0.25, -0.2) is 5.43 Å². The van der Waals surface area contributed by atoms with Crippen molar-refractivity contribution in [3.63, 3.8) is 0 Å². The Balaban J connectivity index is 1.64. The molecule has 5 nitrogen and oxygen atoms in total. The van der Waals surface area contributed by atoms with Gasteiger partial charge >= 0.3 is 0 Å². The Morgan fingerprint density at radius 1 is 1.07 bits per heavy atom. The van der Waals surface area contributed by atoms with Gasteiger partial charge in [-0.05, 0) is 49.4 Å². The Kier molecular flexibility index (Phi) is 6.51. The molecule has 0 bridgehead atoms. The molecular formula is C19H14Br3N3O2. The topological polar surface area (TPSA) is 73.7 Å². The van der Waals surface area contributed by atoms with E-state index in [1.807, 2.05) is 42.5 Å². The monoisotopic (exact) mass is 553 g/mol. The number of anilines is 1. The first kappa shape index (κ1) is 19.9. The van der Waals surface area contributed by atoms with Crippen molar-refractivity contribution in [1.29, 1.82) is 0 Å². The minimum Gasteiger partial charge on any atom is -0.506 e. The highest BCUT2D eigenvalue weighted by molar-refractivity contribution is 9.11. The number of nitrogens with zero attached hydrogens (tertiary/aromatic N) is 1. The number of benzene rings is 3. The van der Waals surface area contributed by atoms with Gasteiger partial charge in [-0.15, -0.1) is 0 Å². The highest BCUT2D eigenvalue weighted by Gasteiger charge is 2.12. The van der Waals surface area contributed by atoms with E-state index in [0.29, 0.717) is 19.0 Å². The van der Waals surface area contributed by atoms with Gasteiger partial charge in [0.25, 0.3) is 5.91 Å². The molecule has 0 radical (unpaired) electrons. The summed E-state index contributed by atoms with van der Waals surface area (Å²) in [6, 6.07) is 15.6. The molecule has 3 rings (SSSR count). The molecule has 0 saturated carbocycles. The summed E-state index contributed by atoms with van der Waals surface area (Å²) < 4.78 is 1.73. The van der Waals surface area contributed by atoms with Crippen LogP contribution in [-0.2, 0) is 4.79 Å². The fourth-order valence-electron chi connectivity index (χ4n) is 2.48. The number of hydrogen-bond acceptors (Lipinski definition) is 4. The van der Waals surface area contributed by atoms with Crippen molar-refractivity contribution < 1.29 is 9.90 Å². The Hall–Kier alpha value is -1.90. The second kappa shape index (κ2) is 8.86. The predicted octanol–water partition coefficient (Wildman–Crippen LogP) is 5.40. The number of phenolic OH excluding ortho intramolecular Hbond substituents is 1. The fraction of sp³-hybridized carbons (Fsp3) is 0.0526. The van der Waals surface area contributed by atoms with Gasteiger partial charge in [0.05, 0.1) is 21.7 Å². The number of hydrogen-bond donors (Lipinski definition) is 3. The molecule has 0 atom stereocenters. The van der Waals surface area contributed by atoms with E-state index in [1.54, 1.807) is 6.07 Å². The molecule has 0 aromatic heterocycles. The molecule has 138 valence electrons. The first-order valence-corrected chi connectivity index (χ1v) is 10.2. The molecule has 3 aromatic rings. The third-order valence-electron chi connectivity index (χ3n) is 3.79. The van der Waals surface area contributed by atoms with Gasteiger partial charge in [-0.2, -0.15) is 5.10 Å². The zero-order valence-corrected chi connectivity index (χ0v) is 18.6. The van der Waals surface area contributed by atoms with Gasteiger partial charge in [0, 0.05) is 21.1 Å². The Bertz CT molecular complexity index is 1030. The van der Waals surface area contributed by atoms with E-state index in [9.17, 15) is 9.90 Å². The zero-order valence-electron chi connectivity index (χ0n) is 13.8. The average Bonchev–Trinajstić information content (AvgIpc) is 2.67. The maximum Gasteiger partial charge on any atom is 0.259 e. The van der Waals surface area contributed by atoms with E-state index < -0.39 is 0 Å². The summed E-state index contributed by atoms with van der Waals surface area (Å²) in [5, 5.41) is 19.2. The van der Waals surface area contributed by atoms with Crippen LogP contribution in [0.1, 0.15) is 5.56 Å². The van der Waals surface area contributed by atoms with Gasteiger partial charge in [-0.3, -0.25) is 4.79 Å². The highest BCUT2D eigenvalue weighted by Crippen LogP contribution is 2.38. The van der Waals surface area contributed by atoms with Crippen molar-refractivity contribution >= 4 is 76.4 Å². The number of carbonyl (C=O) groups is 1. The lowest BCUT2D eigenvalue weighted by molar-refractivity contribution is -0.119. The summed E-state index contributed by atoms with van der Waals surface area (Å²) in [5.41, 5.74) is 3.97. The quantitative estimate of drug-likeness (QED) is 0.292. The summed E-state index contributed by atoms with van der Waals surface area (Å²) in [6.07, 6.45) is 1.45. The number of rotatable bonds is 5. The Labute approximate surface area is 181 Å². The van der Waals surface area contributed by atoms with Crippen molar-refractivity contribution in [1.82, 2.24) is 5.43 Å². The third kappa shape index (κ3) is 4.69. The summed E-state index contributed by atoms with van der Waals surface area (Å²) in [7, 11) is 0. The molecule has 1 amide bonds. The molecule has 0 unspecified atom stereocenters. The van der Waals surface area contributed by atoms with Crippen LogP contribution in [0.5, 0.6) is 5.75 Å². The average molecular weight is 556 g/mol. The fourth-order valence-corrected chi connectivity index (χ4v) is 4.80. The summed E-state index contributed by atoms with van der Waals surface area (Å²) in [4.78, 5) is 12.1. The number of fused-ring (bicyclic) bond motifs is 1. The van der Waals surface area contributed by atoms with Gasteiger partial charge in [0.15, 0.2) is 0 Å². The molecule has 0 aliphatic rings. The molecule has 0 spiro atoms. The first-order valence-electron chi connectivity index (χ1n) is 7.87. The van der Waals surface area contributed by atoms with Crippen LogP contribution in [0.3, 0.4) is 0 Å². The molecular weight excluding hydrogens is 542 g/mol. The normalized spacial score (nSPS) is 11.1. The number of carbonyl (C=O) groups excluding carboxylic acids is 1. The van der Waals surface area contributed by atoms with Crippen molar-refractivity contribution in [2.75, 3.05) is 11.9 Å². The minimum absolute atomic E-state index is 0.0589. The van der Waals surface area contributed by atoms with Crippen molar-refractivity contribution in [2.45, 2.75) is 0 Å². The molecule has 27 heavy (non-hydrogen) atoms. The van der Waals surface area contributed by atoms with Crippen molar-refractivity contribution in [3.05, 3.63) is 67.5 Å². The molecule has 0 fully saturated rings. The second-order valence-electron chi connectivity index (χ2n) is 5.59. The number of nitrogens with one attached hydrogen (secondary N) is 2. The number of phenols is 1. The van der Waals surface area contributed by atoms with Gasteiger partial charge < -0.3 is 10.4 Å². The molecule has 0 aliphatic carbocycles. The van der Waals surface area contributed by atoms with E-state index in [1.165, 1.54) is 6.21 Å². The summed E-state index contributed by atoms with van der Waals surface area (Å²) in [6.45, 7) is 0.0826. The molecule has 3 aromatic carbocycles. The smallest absolute Gasteiger partial charge is 0.259 e. The SMILES string of the molecule is O=C(CNc1cccc2ccccc12)N/N=C\c1c(Br)cc(Br)c(O)c1Br. The van der Waals surface area contributed by atoms with Crippen LogP contribution < -0.4 is 10.7 Å². The van der Waals surface area contributed by atoms with E-state index in [-0.39, 0.29) is 18.2 Å². The molecule has 3 N–H and O–H groups in total. The van der Waals surface area contributed by atoms with Crippen LogP contribution in [0.4, 0.5) is 5.69 Å². The van der Waals surface area contributed by atoms with Crippen LogP contribution in [0.2, 0.25) is 0 Å². The maximum atomic E-state index is 12.1. The van der Waals surface area contributed by atoms with Gasteiger partial charge in [0.1, 0.15) is 5.75 Å². The number of aromatic hydroxyl groups is 1. The van der Waals surface area contributed by atoms with Crippen LogP contribution in [0.15, 0.2) is 67.1 Å². The largest absolute Gasteiger partial charge is 0.506 e. The Morgan fingerprint density at radius 2 is 1.81 bits per heavy atom.